The number of aryl methyl sites for hydroxylation is 1. The van der Waals surface area contributed by atoms with Gasteiger partial charge in [-0.3, -0.25) is 4.72 Å². The molecule has 0 aliphatic heterocycles. The molecule has 0 aliphatic carbocycles. The average Bonchev–Trinajstić information content (AvgIpc) is 2.66. The lowest BCUT2D eigenvalue weighted by Crippen LogP contribution is -2.15. The molecule has 3 N–H and O–H groups in total. The van der Waals surface area contributed by atoms with E-state index in [4.69, 9.17) is 10.3 Å². The van der Waals surface area contributed by atoms with E-state index in [1.54, 1.807) is 6.92 Å². The standard InChI is InChI=1S/C10H10FN3O3S/c1-6-4-10(13-17-6)14-18(15,16)9-5-7(11)2-3-8(9)12/h2-5H,12H2,1H3,(H,13,14). The zero-order valence-electron chi connectivity index (χ0n) is 9.34. The fourth-order valence-electron chi connectivity index (χ4n) is 1.35. The topological polar surface area (TPSA) is 98.2 Å². The van der Waals surface area contributed by atoms with Crippen molar-refractivity contribution in [3.05, 3.63) is 35.8 Å². The number of anilines is 2. The zero-order chi connectivity index (χ0) is 13.3. The molecule has 1 aromatic carbocycles. The number of halogens is 1. The zero-order valence-corrected chi connectivity index (χ0v) is 10.2. The van der Waals surface area contributed by atoms with Crippen molar-refractivity contribution < 1.29 is 17.3 Å². The Bertz CT molecular complexity index is 681. The van der Waals surface area contributed by atoms with E-state index < -0.39 is 15.8 Å². The predicted molar refractivity (Wildman–Crippen MR) is 62.9 cm³/mol. The lowest BCUT2D eigenvalue weighted by Gasteiger charge is -2.07. The maximum absolute atomic E-state index is 13.0. The first-order valence-corrected chi connectivity index (χ1v) is 6.38. The van der Waals surface area contributed by atoms with Crippen LogP contribution in [0.2, 0.25) is 0 Å². The Morgan fingerprint density at radius 3 is 2.72 bits per heavy atom. The average molecular weight is 271 g/mol. The molecule has 8 heteroatoms. The summed E-state index contributed by atoms with van der Waals surface area (Å²) in [5.41, 5.74) is 5.45. The number of nitrogens with zero attached hydrogens (tertiary/aromatic N) is 1. The van der Waals surface area contributed by atoms with Crippen molar-refractivity contribution in [2.24, 2.45) is 0 Å². The molecule has 0 saturated heterocycles. The number of hydrogen-bond acceptors (Lipinski definition) is 5. The maximum atomic E-state index is 13.0. The third-order valence-corrected chi connectivity index (χ3v) is 3.54. The molecule has 6 nitrogen and oxygen atoms in total. The van der Waals surface area contributed by atoms with Gasteiger partial charge >= 0.3 is 0 Å². The molecule has 2 aromatic rings. The first kappa shape index (κ1) is 12.4. The van der Waals surface area contributed by atoms with Crippen LogP contribution in [0.15, 0.2) is 33.7 Å². The van der Waals surface area contributed by atoms with Crippen LogP contribution in [0.1, 0.15) is 5.76 Å². The van der Waals surface area contributed by atoms with Gasteiger partial charge in [0, 0.05) is 6.07 Å². The Morgan fingerprint density at radius 2 is 2.11 bits per heavy atom. The van der Waals surface area contributed by atoms with Gasteiger partial charge in [0.1, 0.15) is 16.5 Å². The molecular formula is C10H10FN3O3S. The van der Waals surface area contributed by atoms with Crippen molar-refractivity contribution >= 4 is 21.5 Å². The molecule has 0 radical (unpaired) electrons. The van der Waals surface area contributed by atoms with Crippen LogP contribution in [0.3, 0.4) is 0 Å². The van der Waals surface area contributed by atoms with Crippen molar-refractivity contribution in [3.8, 4) is 0 Å². The summed E-state index contributed by atoms with van der Waals surface area (Å²) in [6, 6.07) is 4.49. The summed E-state index contributed by atoms with van der Waals surface area (Å²) < 4.78 is 43.8. The van der Waals surface area contributed by atoms with Crippen LogP contribution in [0, 0.1) is 12.7 Å². The van der Waals surface area contributed by atoms with Gasteiger partial charge in [0.25, 0.3) is 10.0 Å². The van der Waals surface area contributed by atoms with E-state index in [-0.39, 0.29) is 16.4 Å². The molecule has 2 rings (SSSR count). The number of nitrogens with two attached hydrogens (primary N) is 1. The lowest BCUT2D eigenvalue weighted by atomic mass is 10.3. The Morgan fingerprint density at radius 1 is 1.39 bits per heavy atom. The molecule has 1 aromatic heterocycles. The molecule has 0 atom stereocenters. The smallest absolute Gasteiger partial charge is 0.265 e. The third kappa shape index (κ3) is 2.43. The van der Waals surface area contributed by atoms with E-state index in [1.165, 1.54) is 12.1 Å². The largest absolute Gasteiger partial charge is 0.398 e. The number of aromatic nitrogens is 1. The van der Waals surface area contributed by atoms with Crippen molar-refractivity contribution in [2.75, 3.05) is 10.5 Å². The molecule has 0 saturated carbocycles. The van der Waals surface area contributed by atoms with E-state index in [0.717, 1.165) is 12.1 Å². The third-order valence-electron chi connectivity index (χ3n) is 2.13. The molecule has 0 amide bonds. The lowest BCUT2D eigenvalue weighted by molar-refractivity contribution is 0.400. The van der Waals surface area contributed by atoms with Crippen LogP contribution in [0.5, 0.6) is 0 Å². The Kier molecular flexibility index (Phi) is 2.95. The SMILES string of the molecule is Cc1cc(NS(=O)(=O)c2cc(F)ccc2N)no1. The highest BCUT2D eigenvalue weighted by molar-refractivity contribution is 7.92. The molecule has 1 heterocycles. The van der Waals surface area contributed by atoms with Gasteiger partial charge in [-0.05, 0) is 25.1 Å². The minimum absolute atomic E-state index is 0.0103. The monoisotopic (exact) mass is 271 g/mol. The van der Waals surface area contributed by atoms with Gasteiger partial charge in [-0.25, -0.2) is 12.8 Å². The number of rotatable bonds is 3. The van der Waals surface area contributed by atoms with Crippen molar-refractivity contribution in [1.29, 1.82) is 0 Å². The predicted octanol–water partition coefficient (Wildman–Crippen LogP) is 1.51. The summed E-state index contributed by atoms with van der Waals surface area (Å²) in [7, 11) is -3.99. The van der Waals surface area contributed by atoms with Gasteiger partial charge in [0.15, 0.2) is 5.82 Å². The van der Waals surface area contributed by atoms with Gasteiger partial charge in [-0.1, -0.05) is 5.16 Å². The summed E-state index contributed by atoms with van der Waals surface area (Å²) in [6.45, 7) is 1.61. The van der Waals surface area contributed by atoms with Crippen LogP contribution < -0.4 is 10.5 Å². The molecular weight excluding hydrogens is 261 g/mol. The highest BCUT2D eigenvalue weighted by Gasteiger charge is 2.19. The van der Waals surface area contributed by atoms with Crippen molar-refractivity contribution in [1.82, 2.24) is 5.16 Å². The van der Waals surface area contributed by atoms with E-state index >= 15 is 0 Å². The van der Waals surface area contributed by atoms with Gasteiger partial charge in [0.2, 0.25) is 0 Å². The van der Waals surface area contributed by atoms with Crippen LogP contribution in [-0.4, -0.2) is 13.6 Å². The Hall–Kier alpha value is -2.09. The van der Waals surface area contributed by atoms with Crippen molar-refractivity contribution in [3.63, 3.8) is 0 Å². The maximum Gasteiger partial charge on any atom is 0.265 e. The van der Waals surface area contributed by atoms with Gasteiger partial charge in [-0.15, -0.1) is 0 Å². The molecule has 0 fully saturated rings. The van der Waals surface area contributed by atoms with Crippen LogP contribution in [0.25, 0.3) is 0 Å². The van der Waals surface area contributed by atoms with Crippen molar-refractivity contribution in [2.45, 2.75) is 11.8 Å². The second-order valence-corrected chi connectivity index (χ2v) is 5.26. The van der Waals surface area contributed by atoms with Crippen LogP contribution >= 0.6 is 0 Å². The van der Waals surface area contributed by atoms with Gasteiger partial charge in [0.05, 0.1) is 5.69 Å². The van der Waals surface area contributed by atoms with E-state index in [2.05, 4.69) is 9.88 Å². The minimum Gasteiger partial charge on any atom is -0.398 e. The molecule has 0 unspecified atom stereocenters. The molecule has 0 aliphatic rings. The van der Waals surface area contributed by atoms with Gasteiger partial charge in [-0.2, -0.15) is 0 Å². The number of benzene rings is 1. The molecule has 18 heavy (non-hydrogen) atoms. The van der Waals surface area contributed by atoms with E-state index in [1.807, 2.05) is 0 Å². The van der Waals surface area contributed by atoms with E-state index in [0.29, 0.717) is 5.76 Å². The number of nitrogen functional groups attached to an aromatic ring is 1. The minimum atomic E-state index is -3.99. The summed E-state index contributed by atoms with van der Waals surface area (Å²) in [5, 5.41) is 3.48. The number of sulfonamides is 1. The summed E-state index contributed by atoms with van der Waals surface area (Å²) in [6.07, 6.45) is 0. The Balaban J connectivity index is 2.39. The summed E-state index contributed by atoms with van der Waals surface area (Å²) in [4.78, 5) is -0.344. The fourth-order valence-corrected chi connectivity index (χ4v) is 2.48. The second-order valence-electron chi connectivity index (χ2n) is 3.61. The molecule has 96 valence electrons. The number of nitrogens with one attached hydrogen (secondary N) is 1. The molecule has 0 spiro atoms. The normalized spacial score (nSPS) is 11.4. The highest BCUT2D eigenvalue weighted by atomic mass is 32.2. The van der Waals surface area contributed by atoms with Gasteiger partial charge < -0.3 is 10.3 Å². The first-order chi connectivity index (χ1) is 8.38. The Labute approximate surface area is 103 Å². The first-order valence-electron chi connectivity index (χ1n) is 4.89. The van der Waals surface area contributed by atoms with Crippen LogP contribution in [-0.2, 0) is 10.0 Å². The second kappa shape index (κ2) is 4.30. The quantitative estimate of drug-likeness (QED) is 0.824. The highest BCUT2D eigenvalue weighted by Crippen LogP contribution is 2.22. The van der Waals surface area contributed by atoms with Crippen LogP contribution in [0.4, 0.5) is 15.9 Å². The summed E-state index contributed by atoms with van der Waals surface area (Å²) >= 11 is 0. The summed E-state index contributed by atoms with van der Waals surface area (Å²) in [5.74, 6) is -0.239. The molecule has 0 bridgehead atoms. The number of hydrogen-bond donors (Lipinski definition) is 2. The fraction of sp³-hybridized carbons (Fsp3) is 0.100. The van der Waals surface area contributed by atoms with E-state index in [9.17, 15) is 12.8 Å².